The second kappa shape index (κ2) is 7.91. The Morgan fingerprint density at radius 2 is 1.54 bits per heavy atom. The van der Waals surface area contributed by atoms with Crippen molar-refractivity contribution in [3.63, 3.8) is 0 Å². The van der Waals surface area contributed by atoms with Crippen LogP contribution in [0.2, 0.25) is 10.0 Å². The maximum Gasteiger partial charge on any atom is 0.265 e. The first-order chi connectivity index (χ1) is 12.5. The van der Waals surface area contributed by atoms with Crippen LogP contribution in [0.1, 0.15) is 20.0 Å². The fourth-order valence-electron chi connectivity index (χ4n) is 2.35. The molecule has 0 atom stereocenters. The number of carbonyl (C=O) groups is 2. The van der Waals surface area contributed by atoms with Gasteiger partial charge in [0.05, 0.1) is 4.88 Å². The van der Waals surface area contributed by atoms with E-state index in [4.69, 9.17) is 23.2 Å². The van der Waals surface area contributed by atoms with Gasteiger partial charge >= 0.3 is 0 Å². The summed E-state index contributed by atoms with van der Waals surface area (Å²) >= 11 is 13.4. The lowest BCUT2D eigenvalue weighted by atomic mass is 10.2. The molecule has 1 aromatic heterocycles. The molecule has 2 amide bonds. The standard InChI is InChI=1S/C19H14Cl2N2O2S/c1-22-18(24)11-2-4-15(5-3-11)23-19(25)17-7-6-16(26-17)12-8-13(20)10-14(21)9-12/h2-10H,1H3,(H,22,24)(H,23,25). The van der Waals surface area contributed by atoms with Crippen molar-refractivity contribution in [1.29, 1.82) is 0 Å². The van der Waals surface area contributed by atoms with Gasteiger partial charge < -0.3 is 10.6 Å². The highest BCUT2D eigenvalue weighted by Gasteiger charge is 2.12. The van der Waals surface area contributed by atoms with Crippen molar-refractivity contribution in [2.75, 3.05) is 12.4 Å². The van der Waals surface area contributed by atoms with Gasteiger partial charge in [0.1, 0.15) is 0 Å². The smallest absolute Gasteiger partial charge is 0.265 e. The van der Waals surface area contributed by atoms with Crippen LogP contribution in [0.15, 0.2) is 54.6 Å². The predicted molar refractivity (Wildman–Crippen MR) is 108 cm³/mol. The molecule has 1 heterocycles. The molecule has 7 heteroatoms. The van der Waals surface area contributed by atoms with Crippen molar-refractivity contribution in [3.8, 4) is 10.4 Å². The minimum absolute atomic E-state index is 0.175. The third-order valence-corrected chi connectivity index (χ3v) is 5.18. The van der Waals surface area contributed by atoms with E-state index in [9.17, 15) is 9.59 Å². The second-order valence-electron chi connectivity index (χ2n) is 5.43. The Balaban J connectivity index is 1.75. The van der Waals surface area contributed by atoms with Crippen molar-refractivity contribution in [2.24, 2.45) is 0 Å². The maximum atomic E-state index is 12.4. The van der Waals surface area contributed by atoms with Gasteiger partial charge in [0.2, 0.25) is 0 Å². The van der Waals surface area contributed by atoms with Gasteiger partial charge in [-0.25, -0.2) is 0 Å². The zero-order valence-corrected chi connectivity index (χ0v) is 16.0. The fraction of sp³-hybridized carbons (Fsp3) is 0.0526. The second-order valence-corrected chi connectivity index (χ2v) is 7.39. The van der Waals surface area contributed by atoms with Gasteiger partial charge in [-0.1, -0.05) is 23.2 Å². The quantitative estimate of drug-likeness (QED) is 0.616. The van der Waals surface area contributed by atoms with Crippen LogP contribution in [0.3, 0.4) is 0 Å². The van der Waals surface area contributed by atoms with E-state index >= 15 is 0 Å². The van der Waals surface area contributed by atoms with E-state index in [0.29, 0.717) is 26.2 Å². The van der Waals surface area contributed by atoms with E-state index in [0.717, 1.165) is 10.4 Å². The molecule has 0 radical (unpaired) electrons. The van der Waals surface area contributed by atoms with Crippen molar-refractivity contribution < 1.29 is 9.59 Å². The van der Waals surface area contributed by atoms with E-state index in [-0.39, 0.29) is 11.8 Å². The molecular weight excluding hydrogens is 391 g/mol. The van der Waals surface area contributed by atoms with Crippen LogP contribution < -0.4 is 10.6 Å². The van der Waals surface area contributed by atoms with Gasteiger partial charge in [-0.3, -0.25) is 9.59 Å². The number of rotatable bonds is 4. The highest BCUT2D eigenvalue weighted by molar-refractivity contribution is 7.17. The van der Waals surface area contributed by atoms with E-state index in [1.54, 1.807) is 55.6 Å². The highest BCUT2D eigenvalue weighted by atomic mass is 35.5. The first-order valence-electron chi connectivity index (χ1n) is 7.66. The fourth-order valence-corrected chi connectivity index (χ4v) is 3.77. The Hall–Kier alpha value is -2.34. The summed E-state index contributed by atoms with van der Waals surface area (Å²) in [6, 6.07) is 15.6. The van der Waals surface area contributed by atoms with Gasteiger partial charge in [-0.05, 0) is 60.2 Å². The van der Waals surface area contributed by atoms with E-state index < -0.39 is 0 Å². The average molecular weight is 405 g/mol. The van der Waals surface area contributed by atoms with Gasteiger partial charge in [0.25, 0.3) is 11.8 Å². The van der Waals surface area contributed by atoms with Crippen molar-refractivity contribution >= 4 is 52.0 Å². The summed E-state index contributed by atoms with van der Waals surface area (Å²) in [5, 5.41) is 6.46. The predicted octanol–water partition coefficient (Wildman–Crippen LogP) is 5.33. The maximum absolute atomic E-state index is 12.4. The molecule has 2 aromatic carbocycles. The SMILES string of the molecule is CNC(=O)c1ccc(NC(=O)c2ccc(-c3cc(Cl)cc(Cl)c3)s2)cc1. The number of hydrogen-bond donors (Lipinski definition) is 2. The van der Waals surface area contributed by atoms with E-state index in [1.165, 1.54) is 11.3 Å². The molecule has 0 aliphatic carbocycles. The molecule has 26 heavy (non-hydrogen) atoms. The molecule has 132 valence electrons. The van der Waals surface area contributed by atoms with E-state index in [1.807, 2.05) is 6.07 Å². The molecule has 2 N–H and O–H groups in total. The van der Waals surface area contributed by atoms with Gasteiger partial charge in [0.15, 0.2) is 0 Å². The van der Waals surface area contributed by atoms with Crippen molar-refractivity contribution in [1.82, 2.24) is 5.32 Å². The number of anilines is 1. The summed E-state index contributed by atoms with van der Waals surface area (Å²) in [6.45, 7) is 0. The van der Waals surface area contributed by atoms with Gasteiger partial charge in [-0.2, -0.15) is 0 Å². The summed E-state index contributed by atoms with van der Waals surface area (Å²) in [5.41, 5.74) is 2.01. The molecule has 4 nitrogen and oxygen atoms in total. The summed E-state index contributed by atoms with van der Waals surface area (Å²) < 4.78 is 0. The van der Waals surface area contributed by atoms with Crippen LogP contribution in [0.5, 0.6) is 0 Å². The minimum Gasteiger partial charge on any atom is -0.355 e. The van der Waals surface area contributed by atoms with Gasteiger partial charge in [0, 0.05) is 33.2 Å². The van der Waals surface area contributed by atoms with Crippen molar-refractivity contribution in [2.45, 2.75) is 0 Å². The van der Waals surface area contributed by atoms with Crippen LogP contribution in [0.25, 0.3) is 10.4 Å². The third kappa shape index (κ3) is 4.25. The Morgan fingerprint density at radius 1 is 0.885 bits per heavy atom. The topological polar surface area (TPSA) is 58.2 Å². The van der Waals surface area contributed by atoms with Crippen LogP contribution >= 0.6 is 34.5 Å². The van der Waals surface area contributed by atoms with Crippen LogP contribution in [0, 0.1) is 0 Å². The average Bonchev–Trinajstić information content (AvgIpc) is 3.11. The Morgan fingerprint density at radius 3 is 2.15 bits per heavy atom. The first kappa shape index (κ1) is 18.5. The number of amides is 2. The molecular formula is C19H14Cl2N2O2S. The molecule has 3 rings (SSSR count). The molecule has 0 aliphatic rings. The number of hydrogen-bond acceptors (Lipinski definition) is 3. The number of benzene rings is 2. The molecule has 0 aliphatic heterocycles. The molecule has 0 saturated carbocycles. The van der Waals surface area contributed by atoms with Crippen molar-refractivity contribution in [3.05, 3.63) is 75.1 Å². The molecule has 0 saturated heterocycles. The Labute approximate surface area is 164 Å². The monoisotopic (exact) mass is 404 g/mol. The molecule has 3 aromatic rings. The lowest BCUT2D eigenvalue weighted by Gasteiger charge is -2.05. The summed E-state index contributed by atoms with van der Waals surface area (Å²) in [7, 11) is 1.57. The Kier molecular flexibility index (Phi) is 5.61. The molecule has 0 fully saturated rings. The van der Waals surface area contributed by atoms with Crippen LogP contribution in [-0.2, 0) is 0 Å². The normalized spacial score (nSPS) is 10.4. The molecule has 0 bridgehead atoms. The summed E-state index contributed by atoms with van der Waals surface area (Å²) in [5.74, 6) is -0.395. The Bertz CT molecular complexity index is 948. The van der Waals surface area contributed by atoms with Gasteiger partial charge in [-0.15, -0.1) is 11.3 Å². The van der Waals surface area contributed by atoms with Crippen LogP contribution in [0.4, 0.5) is 5.69 Å². The molecule has 0 spiro atoms. The lowest BCUT2D eigenvalue weighted by molar-refractivity contribution is 0.0962. The largest absolute Gasteiger partial charge is 0.355 e. The lowest BCUT2D eigenvalue weighted by Crippen LogP contribution is -2.17. The number of thiophene rings is 1. The minimum atomic E-state index is -0.220. The zero-order chi connectivity index (χ0) is 18.7. The third-order valence-electron chi connectivity index (χ3n) is 3.61. The summed E-state index contributed by atoms with van der Waals surface area (Å²) in [4.78, 5) is 25.4. The summed E-state index contributed by atoms with van der Waals surface area (Å²) in [6.07, 6.45) is 0. The molecule has 0 unspecified atom stereocenters. The van der Waals surface area contributed by atoms with Crippen LogP contribution in [-0.4, -0.2) is 18.9 Å². The first-order valence-corrected chi connectivity index (χ1v) is 9.23. The zero-order valence-electron chi connectivity index (χ0n) is 13.7. The highest BCUT2D eigenvalue weighted by Crippen LogP contribution is 2.32. The number of carbonyl (C=O) groups excluding carboxylic acids is 2. The number of nitrogens with one attached hydrogen (secondary N) is 2. The number of halogens is 2. The van der Waals surface area contributed by atoms with E-state index in [2.05, 4.69) is 10.6 Å².